The Balaban J connectivity index is -0.0000000184. The van der Waals surface area contributed by atoms with Crippen LogP contribution in [0, 0.1) is 30.6 Å². The van der Waals surface area contributed by atoms with Gasteiger partial charge < -0.3 is 40.9 Å². The standard InChI is InChI=1S/CH2O3.3Ag.2NO3/c2-1(3)4;;;;2*2-1(3)4/h(H2,2,3,4);;;;;/q;;2*+1;2*-1. The number of carboxylic acid groups (broad SMARTS) is 2. The van der Waals surface area contributed by atoms with Crippen LogP contribution in [0.4, 0.5) is 4.79 Å². The quantitative estimate of drug-likeness (QED) is 0.251. The smallest absolute Gasteiger partial charge is 0.450 e. The Morgan fingerprint density at radius 3 is 0.867 bits per heavy atom. The van der Waals surface area contributed by atoms with Crippen LogP contribution in [0.5, 0.6) is 0 Å². The fourth-order valence-electron chi connectivity index (χ4n) is 0. The molecule has 0 aliphatic heterocycles. The van der Waals surface area contributed by atoms with Crippen molar-refractivity contribution in [2.75, 3.05) is 0 Å². The monoisotopic (exact) mass is 507 g/mol. The van der Waals surface area contributed by atoms with Gasteiger partial charge in [-0.05, 0) is 0 Å². The topological polar surface area (TPSA) is 190 Å². The van der Waals surface area contributed by atoms with Gasteiger partial charge in [-0.1, -0.05) is 0 Å². The third-order valence-electron chi connectivity index (χ3n) is 0. The van der Waals surface area contributed by atoms with E-state index in [1.165, 1.54) is 0 Å². The molecule has 11 nitrogen and oxygen atoms in total. The normalized spacial score (nSPS) is 4.80. The molecule has 0 saturated carbocycles. The molecule has 0 fully saturated rings. The molecule has 0 aromatic heterocycles. The largest absolute Gasteiger partial charge is 1.00 e. The molecule has 0 unspecified atom stereocenters. The van der Waals surface area contributed by atoms with E-state index in [2.05, 4.69) is 0 Å². The van der Waals surface area contributed by atoms with E-state index < -0.39 is 16.3 Å². The molecular formula is CH2Ag3N2O9. The van der Waals surface area contributed by atoms with Gasteiger partial charge in [0.1, 0.15) is 0 Å². The van der Waals surface area contributed by atoms with Crippen molar-refractivity contribution in [1.29, 1.82) is 0 Å². The van der Waals surface area contributed by atoms with Crippen molar-refractivity contribution in [3.63, 3.8) is 0 Å². The fraction of sp³-hybridized carbons (Fsp3) is 0. The number of hydrogen-bond acceptors (Lipinski definition) is 7. The molecule has 0 spiro atoms. The predicted octanol–water partition coefficient (Wildman–Crippen LogP) is -0.263. The summed E-state index contributed by atoms with van der Waals surface area (Å²) in [6.07, 6.45) is -1.83. The van der Waals surface area contributed by atoms with E-state index in [-0.39, 0.29) is 67.1 Å². The van der Waals surface area contributed by atoms with Gasteiger partial charge in [0.15, 0.2) is 0 Å². The van der Waals surface area contributed by atoms with Gasteiger partial charge in [-0.3, -0.25) is 0 Å². The number of hydrogen-bond donors (Lipinski definition) is 2. The van der Waals surface area contributed by atoms with Gasteiger partial charge in [-0.2, -0.15) is 0 Å². The van der Waals surface area contributed by atoms with E-state index in [9.17, 15) is 0 Å². The Kier molecular flexibility index (Phi) is 70.8. The first-order valence-electron chi connectivity index (χ1n) is 1.75. The molecular weight excluding hydrogens is 508 g/mol. The van der Waals surface area contributed by atoms with Crippen molar-refractivity contribution in [3.8, 4) is 0 Å². The van der Waals surface area contributed by atoms with Crippen LogP contribution >= 0.6 is 0 Å². The third kappa shape index (κ3) is 165000. The fourth-order valence-corrected chi connectivity index (χ4v) is 0. The molecule has 103 valence electrons. The maximum atomic E-state index is 8.56. The minimum absolute atomic E-state index is 0. The molecule has 0 atom stereocenters. The van der Waals surface area contributed by atoms with Gasteiger partial charge in [-0.25, -0.2) is 4.79 Å². The number of carbonyl (C=O) groups is 1. The average molecular weight is 510 g/mol. The van der Waals surface area contributed by atoms with Gasteiger partial charge in [0, 0.05) is 22.4 Å². The van der Waals surface area contributed by atoms with Gasteiger partial charge >= 0.3 is 50.9 Å². The van der Waals surface area contributed by atoms with Crippen LogP contribution < -0.4 is 0 Å². The van der Waals surface area contributed by atoms with Gasteiger partial charge in [0.25, 0.3) is 0 Å². The van der Waals surface area contributed by atoms with Crippen LogP contribution in [-0.2, 0) is 67.1 Å². The predicted molar refractivity (Wildman–Crippen MR) is 31.4 cm³/mol. The average Bonchev–Trinajstić information content (AvgIpc) is 1.54. The summed E-state index contributed by atoms with van der Waals surface area (Å²) in [6, 6.07) is 0. The van der Waals surface area contributed by atoms with Crippen molar-refractivity contribution in [3.05, 3.63) is 30.6 Å². The van der Waals surface area contributed by atoms with E-state index in [0.717, 1.165) is 0 Å². The maximum absolute atomic E-state index is 8.56. The minimum Gasteiger partial charge on any atom is -0.450 e. The van der Waals surface area contributed by atoms with Crippen LogP contribution in [0.2, 0.25) is 0 Å². The molecule has 0 saturated heterocycles. The molecule has 2 N–H and O–H groups in total. The van der Waals surface area contributed by atoms with Crippen molar-refractivity contribution in [1.82, 2.24) is 0 Å². The summed E-state index contributed by atoms with van der Waals surface area (Å²) in [5.74, 6) is 0. The van der Waals surface area contributed by atoms with Crippen LogP contribution in [0.25, 0.3) is 0 Å². The number of rotatable bonds is 0. The molecule has 15 heavy (non-hydrogen) atoms. The zero-order chi connectivity index (χ0) is 10.7. The van der Waals surface area contributed by atoms with Crippen LogP contribution in [0.1, 0.15) is 0 Å². The van der Waals surface area contributed by atoms with E-state index in [1.807, 2.05) is 0 Å². The minimum atomic E-state index is -1.83. The van der Waals surface area contributed by atoms with E-state index in [0.29, 0.717) is 0 Å². The Morgan fingerprint density at radius 1 is 0.867 bits per heavy atom. The maximum Gasteiger partial charge on any atom is 1.00 e. The summed E-state index contributed by atoms with van der Waals surface area (Å²) >= 11 is 0. The summed E-state index contributed by atoms with van der Waals surface area (Å²) in [6.45, 7) is 0. The van der Waals surface area contributed by atoms with Crippen molar-refractivity contribution >= 4 is 6.16 Å². The molecule has 0 rings (SSSR count). The molecule has 0 aromatic rings. The molecule has 0 aliphatic rings. The summed E-state index contributed by atoms with van der Waals surface area (Å²) < 4.78 is 0. The molecule has 0 amide bonds. The summed E-state index contributed by atoms with van der Waals surface area (Å²) in [5.41, 5.74) is 0. The second-order valence-electron chi connectivity index (χ2n) is 0.730. The summed E-state index contributed by atoms with van der Waals surface area (Å²) in [4.78, 5) is 25.1. The first-order chi connectivity index (χ1) is 5.20. The van der Waals surface area contributed by atoms with Crippen LogP contribution in [0.15, 0.2) is 0 Å². The van der Waals surface area contributed by atoms with Gasteiger partial charge in [0.2, 0.25) is 0 Å². The van der Waals surface area contributed by atoms with Crippen molar-refractivity contribution < 1.29 is 92.3 Å². The molecule has 0 aromatic carbocycles. The summed E-state index contributed by atoms with van der Waals surface area (Å²) in [5, 5.41) is 43.4. The molecule has 14 heteroatoms. The molecule has 0 aliphatic carbocycles. The van der Waals surface area contributed by atoms with E-state index >= 15 is 0 Å². The Bertz CT molecular complexity index is 121. The summed E-state index contributed by atoms with van der Waals surface area (Å²) in [7, 11) is 0. The second kappa shape index (κ2) is 29.2. The van der Waals surface area contributed by atoms with Crippen LogP contribution in [0.3, 0.4) is 0 Å². The Labute approximate surface area is 128 Å². The molecule has 0 heterocycles. The third-order valence-corrected chi connectivity index (χ3v) is 0. The second-order valence-corrected chi connectivity index (χ2v) is 0.730. The van der Waals surface area contributed by atoms with Gasteiger partial charge in [0.05, 0.1) is 10.2 Å². The van der Waals surface area contributed by atoms with Gasteiger partial charge in [-0.15, -0.1) is 0 Å². The Morgan fingerprint density at radius 2 is 0.867 bits per heavy atom. The van der Waals surface area contributed by atoms with E-state index in [1.54, 1.807) is 0 Å². The first-order valence-corrected chi connectivity index (χ1v) is 1.75. The molecule has 0 bridgehead atoms. The Hall–Kier alpha value is -0.109. The van der Waals surface area contributed by atoms with Crippen molar-refractivity contribution in [2.24, 2.45) is 0 Å². The zero-order valence-corrected chi connectivity index (χ0v) is 10.5. The van der Waals surface area contributed by atoms with E-state index in [4.69, 9.17) is 45.7 Å². The molecule has 1 radical (unpaired) electrons. The van der Waals surface area contributed by atoms with Crippen LogP contribution in [-0.4, -0.2) is 26.5 Å². The van der Waals surface area contributed by atoms with Crippen molar-refractivity contribution in [2.45, 2.75) is 0 Å². The SMILES string of the molecule is O=C(O)O.O=[N+]([O-])[O-].O=[N+]([O-])[O-].[Ag+].[Ag+].[Ag]. The first kappa shape index (κ1) is 36.3. The zero-order valence-electron chi connectivity index (χ0n) is 6.05. The number of nitrogens with zero attached hydrogens (tertiary/aromatic N) is 2.